The number of carbonyl (C=O) groups is 2. The average molecular weight is 292 g/mol. The lowest BCUT2D eigenvalue weighted by atomic mass is 10.0. The molecule has 0 fully saturated rings. The second-order valence-corrected chi connectivity index (χ2v) is 5.72. The molecular weight excluding hydrogens is 268 g/mol. The Morgan fingerprint density at radius 2 is 1.76 bits per heavy atom. The fraction of sp³-hybridized carbons (Fsp3) is 0.500. The molecule has 0 saturated heterocycles. The van der Waals surface area contributed by atoms with Gasteiger partial charge in [-0.05, 0) is 42.9 Å². The Balaban J connectivity index is 2.59. The van der Waals surface area contributed by atoms with E-state index in [0.29, 0.717) is 13.0 Å². The molecule has 1 aromatic carbocycles. The molecular formula is C16H24N2O3. The van der Waals surface area contributed by atoms with Crippen molar-refractivity contribution in [2.24, 2.45) is 5.92 Å². The van der Waals surface area contributed by atoms with Gasteiger partial charge in [-0.2, -0.15) is 0 Å². The van der Waals surface area contributed by atoms with Crippen molar-refractivity contribution in [1.29, 1.82) is 0 Å². The van der Waals surface area contributed by atoms with Crippen LogP contribution in [0.3, 0.4) is 0 Å². The van der Waals surface area contributed by atoms with E-state index in [1.54, 1.807) is 0 Å². The summed E-state index contributed by atoms with van der Waals surface area (Å²) in [6, 6.07) is 4.63. The molecule has 0 spiro atoms. The molecule has 0 saturated carbocycles. The first-order valence-corrected chi connectivity index (χ1v) is 7.13. The Bertz CT molecular complexity index is 492. The topological polar surface area (TPSA) is 78.4 Å². The van der Waals surface area contributed by atoms with Crippen LogP contribution in [0.5, 0.6) is 0 Å². The summed E-state index contributed by atoms with van der Waals surface area (Å²) in [5, 5.41) is 14.3. The highest BCUT2D eigenvalue weighted by Crippen LogP contribution is 2.12. The molecule has 116 valence electrons. The molecule has 1 rings (SSSR count). The number of hydrogen-bond donors (Lipinski definition) is 3. The number of urea groups is 1. The highest BCUT2D eigenvalue weighted by molar-refractivity contribution is 5.82. The van der Waals surface area contributed by atoms with Crippen LogP contribution in [-0.2, 0) is 11.3 Å². The molecule has 1 unspecified atom stereocenters. The van der Waals surface area contributed by atoms with Crippen molar-refractivity contribution < 1.29 is 14.7 Å². The van der Waals surface area contributed by atoms with Crippen molar-refractivity contribution in [3.05, 3.63) is 34.9 Å². The van der Waals surface area contributed by atoms with E-state index in [9.17, 15) is 9.59 Å². The van der Waals surface area contributed by atoms with Crippen molar-refractivity contribution >= 4 is 12.0 Å². The molecule has 3 N–H and O–H groups in total. The van der Waals surface area contributed by atoms with Crippen LogP contribution in [0.15, 0.2) is 18.2 Å². The first-order valence-electron chi connectivity index (χ1n) is 7.13. The molecule has 0 aliphatic heterocycles. The van der Waals surface area contributed by atoms with Gasteiger partial charge in [0.25, 0.3) is 0 Å². The number of benzene rings is 1. The van der Waals surface area contributed by atoms with Crippen LogP contribution in [0.4, 0.5) is 4.79 Å². The molecule has 5 heteroatoms. The summed E-state index contributed by atoms with van der Waals surface area (Å²) in [5.74, 6) is -0.809. The minimum Gasteiger partial charge on any atom is -0.480 e. The zero-order valence-electron chi connectivity index (χ0n) is 13.1. The van der Waals surface area contributed by atoms with Gasteiger partial charge in [0, 0.05) is 6.54 Å². The lowest BCUT2D eigenvalue weighted by molar-refractivity contribution is -0.139. The first kappa shape index (κ1) is 17.0. The van der Waals surface area contributed by atoms with Crippen molar-refractivity contribution in [3.63, 3.8) is 0 Å². The van der Waals surface area contributed by atoms with Crippen LogP contribution in [-0.4, -0.2) is 23.1 Å². The van der Waals surface area contributed by atoms with Gasteiger partial charge in [0.15, 0.2) is 0 Å². The Kier molecular flexibility index (Phi) is 6.21. The van der Waals surface area contributed by atoms with Gasteiger partial charge >= 0.3 is 12.0 Å². The van der Waals surface area contributed by atoms with E-state index in [1.165, 1.54) is 0 Å². The van der Waals surface area contributed by atoms with Gasteiger partial charge in [-0.3, -0.25) is 0 Å². The van der Waals surface area contributed by atoms with Gasteiger partial charge in [0.1, 0.15) is 6.04 Å². The van der Waals surface area contributed by atoms with Crippen molar-refractivity contribution in [3.8, 4) is 0 Å². The molecule has 1 aromatic rings. The fourth-order valence-electron chi connectivity index (χ4n) is 2.20. The molecule has 0 aliphatic carbocycles. The maximum Gasteiger partial charge on any atom is 0.326 e. The molecule has 21 heavy (non-hydrogen) atoms. The minimum absolute atomic E-state index is 0.199. The number of rotatable bonds is 6. The van der Waals surface area contributed by atoms with Gasteiger partial charge in [-0.1, -0.05) is 32.0 Å². The summed E-state index contributed by atoms with van der Waals surface area (Å²) < 4.78 is 0. The number of carboxylic acids is 1. The third-order valence-electron chi connectivity index (χ3n) is 3.38. The Morgan fingerprint density at radius 3 is 2.24 bits per heavy atom. The molecule has 0 aromatic heterocycles. The van der Waals surface area contributed by atoms with Crippen LogP contribution in [0, 0.1) is 19.8 Å². The highest BCUT2D eigenvalue weighted by Gasteiger charge is 2.20. The zero-order valence-corrected chi connectivity index (χ0v) is 13.1. The largest absolute Gasteiger partial charge is 0.480 e. The Hall–Kier alpha value is -2.04. The highest BCUT2D eigenvalue weighted by atomic mass is 16.4. The quantitative estimate of drug-likeness (QED) is 0.754. The summed E-state index contributed by atoms with van der Waals surface area (Å²) in [4.78, 5) is 23.0. The third kappa shape index (κ3) is 5.45. The maximum atomic E-state index is 11.8. The number of carboxylic acid groups (broad SMARTS) is 1. The Labute approximate surface area is 125 Å². The van der Waals surface area contributed by atoms with Crippen molar-refractivity contribution in [2.75, 3.05) is 0 Å². The number of aliphatic carboxylic acids is 1. The van der Waals surface area contributed by atoms with E-state index in [0.717, 1.165) is 16.7 Å². The van der Waals surface area contributed by atoms with Crippen LogP contribution >= 0.6 is 0 Å². The van der Waals surface area contributed by atoms with E-state index < -0.39 is 18.0 Å². The fourth-order valence-corrected chi connectivity index (χ4v) is 2.20. The Morgan fingerprint density at radius 1 is 1.19 bits per heavy atom. The lowest BCUT2D eigenvalue weighted by Crippen LogP contribution is -2.46. The van der Waals surface area contributed by atoms with E-state index in [1.807, 2.05) is 45.9 Å². The summed E-state index contributed by atoms with van der Waals surface area (Å²) >= 11 is 0. The van der Waals surface area contributed by atoms with Crippen molar-refractivity contribution in [1.82, 2.24) is 10.6 Å². The number of aryl methyl sites for hydroxylation is 2. The first-order chi connectivity index (χ1) is 9.81. The molecule has 0 radical (unpaired) electrons. The van der Waals surface area contributed by atoms with Gasteiger partial charge in [0.2, 0.25) is 0 Å². The van der Waals surface area contributed by atoms with Crippen LogP contribution in [0.25, 0.3) is 0 Å². The standard InChI is InChI=1S/C16H24N2O3/c1-10(2)8-14(15(19)20)18-16(21)17-9-13-11(3)6-5-7-12(13)4/h5-7,10,14H,8-9H2,1-4H3,(H,19,20)(H2,17,18,21). The summed E-state index contributed by atoms with van der Waals surface area (Å²) in [7, 11) is 0. The van der Waals surface area contributed by atoms with Gasteiger partial charge < -0.3 is 15.7 Å². The van der Waals surface area contributed by atoms with E-state index >= 15 is 0 Å². The second kappa shape index (κ2) is 7.67. The number of nitrogens with one attached hydrogen (secondary N) is 2. The predicted molar refractivity (Wildman–Crippen MR) is 82.2 cm³/mol. The minimum atomic E-state index is -1.01. The van der Waals surface area contributed by atoms with E-state index in [2.05, 4.69) is 10.6 Å². The zero-order chi connectivity index (χ0) is 16.0. The molecule has 0 aliphatic rings. The van der Waals surface area contributed by atoms with E-state index in [-0.39, 0.29) is 5.92 Å². The summed E-state index contributed by atoms with van der Waals surface area (Å²) in [6.45, 7) is 8.21. The van der Waals surface area contributed by atoms with E-state index in [4.69, 9.17) is 5.11 Å². The number of amides is 2. The summed E-state index contributed by atoms with van der Waals surface area (Å²) in [6.07, 6.45) is 0.409. The molecule has 0 bridgehead atoms. The number of carbonyl (C=O) groups excluding carboxylic acids is 1. The molecule has 2 amide bonds. The second-order valence-electron chi connectivity index (χ2n) is 5.72. The maximum absolute atomic E-state index is 11.8. The van der Waals surface area contributed by atoms with Crippen LogP contribution in [0.2, 0.25) is 0 Å². The SMILES string of the molecule is Cc1cccc(C)c1CNC(=O)NC(CC(C)C)C(=O)O. The van der Waals surface area contributed by atoms with Gasteiger partial charge in [-0.15, -0.1) is 0 Å². The smallest absolute Gasteiger partial charge is 0.326 e. The van der Waals surface area contributed by atoms with Crippen LogP contribution < -0.4 is 10.6 Å². The lowest BCUT2D eigenvalue weighted by Gasteiger charge is -2.17. The monoisotopic (exact) mass is 292 g/mol. The third-order valence-corrected chi connectivity index (χ3v) is 3.38. The molecule has 5 nitrogen and oxygen atoms in total. The predicted octanol–water partition coefficient (Wildman–Crippen LogP) is 2.60. The van der Waals surface area contributed by atoms with Crippen molar-refractivity contribution in [2.45, 2.75) is 46.7 Å². The van der Waals surface area contributed by atoms with Gasteiger partial charge in [-0.25, -0.2) is 9.59 Å². The molecule has 0 heterocycles. The molecule has 1 atom stereocenters. The number of hydrogen-bond acceptors (Lipinski definition) is 2. The van der Waals surface area contributed by atoms with Crippen LogP contribution in [0.1, 0.15) is 37.0 Å². The summed E-state index contributed by atoms with van der Waals surface area (Å²) in [5.41, 5.74) is 3.27. The normalized spacial score (nSPS) is 12.0. The van der Waals surface area contributed by atoms with Gasteiger partial charge in [0.05, 0.1) is 0 Å². The average Bonchev–Trinajstić information content (AvgIpc) is 2.36.